The van der Waals surface area contributed by atoms with Crippen LogP contribution in [0.5, 0.6) is 0 Å². The fourth-order valence-electron chi connectivity index (χ4n) is 2.77. The summed E-state index contributed by atoms with van der Waals surface area (Å²) in [5, 5.41) is 3.00. The summed E-state index contributed by atoms with van der Waals surface area (Å²) in [4.78, 5) is 12.7. The number of amides is 1. The van der Waals surface area contributed by atoms with Crippen LogP contribution in [0.3, 0.4) is 0 Å². The van der Waals surface area contributed by atoms with Crippen molar-refractivity contribution in [3.05, 3.63) is 108 Å². The lowest BCUT2D eigenvalue weighted by atomic mass is 10.1. The molecule has 1 amide bonds. The molecule has 0 saturated carbocycles. The molecule has 132 valence electrons. The van der Waals surface area contributed by atoms with Crippen LogP contribution in [0.1, 0.15) is 22.8 Å². The van der Waals surface area contributed by atoms with Crippen molar-refractivity contribution in [1.29, 1.82) is 0 Å². The van der Waals surface area contributed by atoms with E-state index >= 15 is 0 Å². The first-order chi connectivity index (χ1) is 12.8. The number of nitrogens with one attached hydrogen (secondary N) is 1. The molecule has 0 radical (unpaired) electrons. The second-order valence-electron chi connectivity index (χ2n) is 6.11. The third-order valence-corrected chi connectivity index (χ3v) is 4.16. The highest BCUT2D eigenvalue weighted by Gasteiger charge is 2.21. The molecule has 3 nitrogen and oxygen atoms in total. The predicted molar refractivity (Wildman–Crippen MR) is 104 cm³/mol. The van der Waals surface area contributed by atoms with E-state index in [2.05, 4.69) is 17.4 Å². The minimum absolute atomic E-state index is 0.108. The first-order valence-corrected chi connectivity index (χ1v) is 8.85. The zero-order valence-corrected chi connectivity index (χ0v) is 14.7. The van der Waals surface area contributed by atoms with E-state index in [0.717, 1.165) is 17.5 Å². The molecule has 0 bridgehead atoms. The molecule has 0 aliphatic carbocycles. The molecule has 3 heteroatoms. The summed E-state index contributed by atoms with van der Waals surface area (Å²) in [6.45, 7) is 0.980. The van der Waals surface area contributed by atoms with Crippen LogP contribution in [0, 0.1) is 0 Å². The smallest absolute Gasteiger partial charge is 0.253 e. The van der Waals surface area contributed by atoms with Crippen molar-refractivity contribution in [3.63, 3.8) is 0 Å². The van der Waals surface area contributed by atoms with Crippen molar-refractivity contribution in [3.8, 4) is 0 Å². The standard InChI is InChI=1S/C23H23NO2/c25-23(24-17-16-19-10-4-1-5-11-19)22(21-14-8-3-9-15-21)26-18-20-12-6-2-7-13-20/h1-15,22H,16-18H2,(H,24,25). The maximum atomic E-state index is 12.7. The topological polar surface area (TPSA) is 38.3 Å². The number of benzene rings is 3. The van der Waals surface area contributed by atoms with Crippen LogP contribution in [-0.2, 0) is 22.6 Å². The van der Waals surface area contributed by atoms with E-state index in [1.165, 1.54) is 5.56 Å². The quantitative estimate of drug-likeness (QED) is 0.661. The number of hydrogen-bond acceptors (Lipinski definition) is 2. The third-order valence-electron chi connectivity index (χ3n) is 4.16. The van der Waals surface area contributed by atoms with Gasteiger partial charge >= 0.3 is 0 Å². The van der Waals surface area contributed by atoms with Crippen molar-refractivity contribution in [1.82, 2.24) is 5.32 Å². The number of hydrogen-bond donors (Lipinski definition) is 1. The summed E-state index contributed by atoms with van der Waals surface area (Å²) in [5.74, 6) is -0.108. The zero-order valence-electron chi connectivity index (χ0n) is 14.7. The Balaban J connectivity index is 1.61. The molecule has 26 heavy (non-hydrogen) atoms. The highest BCUT2D eigenvalue weighted by molar-refractivity contribution is 5.82. The van der Waals surface area contributed by atoms with Crippen molar-refractivity contribution in [2.45, 2.75) is 19.1 Å². The molecular formula is C23H23NO2. The minimum Gasteiger partial charge on any atom is -0.359 e. The Hall–Kier alpha value is -2.91. The van der Waals surface area contributed by atoms with Crippen LogP contribution in [0.25, 0.3) is 0 Å². The molecule has 3 rings (SSSR count). The Morgan fingerprint density at radius 3 is 1.92 bits per heavy atom. The van der Waals surface area contributed by atoms with Gasteiger partial charge in [-0.2, -0.15) is 0 Å². The lowest BCUT2D eigenvalue weighted by Gasteiger charge is -2.18. The number of carbonyl (C=O) groups excluding carboxylic acids is 1. The lowest BCUT2D eigenvalue weighted by Crippen LogP contribution is -2.32. The maximum absolute atomic E-state index is 12.7. The molecule has 0 aliphatic heterocycles. The van der Waals surface area contributed by atoms with Gasteiger partial charge in [-0.25, -0.2) is 0 Å². The average molecular weight is 345 g/mol. The van der Waals surface area contributed by atoms with Crippen LogP contribution < -0.4 is 5.32 Å². The molecule has 0 fully saturated rings. The molecule has 0 spiro atoms. The lowest BCUT2D eigenvalue weighted by molar-refractivity contribution is -0.134. The molecule has 3 aromatic carbocycles. The van der Waals surface area contributed by atoms with Crippen LogP contribution in [0.15, 0.2) is 91.0 Å². The molecule has 0 aliphatic rings. The maximum Gasteiger partial charge on any atom is 0.253 e. The molecule has 0 heterocycles. The minimum atomic E-state index is -0.618. The molecule has 1 atom stereocenters. The number of ether oxygens (including phenoxy) is 1. The van der Waals surface area contributed by atoms with Crippen molar-refractivity contribution in [2.75, 3.05) is 6.54 Å². The van der Waals surface area contributed by atoms with Gasteiger partial charge in [0.15, 0.2) is 6.10 Å². The second-order valence-corrected chi connectivity index (χ2v) is 6.11. The third kappa shape index (κ3) is 5.30. The van der Waals surface area contributed by atoms with E-state index in [4.69, 9.17) is 4.74 Å². The molecule has 1 N–H and O–H groups in total. The van der Waals surface area contributed by atoms with Crippen LogP contribution >= 0.6 is 0 Å². The summed E-state index contributed by atoms with van der Waals surface area (Å²) in [6, 6.07) is 29.6. The van der Waals surface area contributed by atoms with E-state index < -0.39 is 6.10 Å². The number of carbonyl (C=O) groups is 1. The number of rotatable bonds is 8. The van der Waals surface area contributed by atoms with Crippen molar-refractivity contribution < 1.29 is 9.53 Å². The Labute approximate surface area is 154 Å². The zero-order chi connectivity index (χ0) is 18.0. The van der Waals surface area contributed by atoms with Crippen molar-refractivity contribution in [2.24, 2.45) is 0 Å². The van der Waals surface area contributed by atoms with Crippen LogP contribution in [0.2, 0.25) is 0 Å². The first kappa shape index (κ1) is 17.9. The van der Waals surface area contributed by atoms with Gasteiger partial charge in [0.2, 0.25) is 0 Å². The molecule has 0 saturated heterocycles. The summed E-state index contributed by atoms with van der Waals surface area (Å²) in [5.41, 5.74) is 3.11. The first-order valence-electron chi connectivity index (χ1n) is 8.85. The van der Waals surface area contributed by atoms with Gasteiger partial charge in [-0.3, -0.25) is 4.79 Å². The van der Waals surface area contributed by atoms with Gasteiger partial charge in [-0.1, -0.05) is 91.0 Å². The largest absolute Gasteiger partial charge is 0.359 e. The molecule has 0 aromatic heterocycles. The van der Waals surface area contributed by atoms with Gasteiger partial charge in [-0.15, -0.1) is 0 Å². The Morgan fingerprint density at radius 1 is 0.769 bits per heavy atom. The second kappa shape index (κ2) is 9.54. The average Bonchev–Trinajstić information content (AvgIpc) is 2.70. The SMILES string of the molecule is O=C(NCCc1ccccc1)C(OCc1ccccc1)c1ccccc1. The Bertz CT molecular complexity index is 788. The van der Waals surface area contributed by atoms with Gasteiger partial charge in [0, 0.05) is 6.54 Å². The highest BCUT2D eigenvalue weighted by Crippen LogP contribution is 2.19. The monoisotopic (exact) mass is 345 g/mol. The molecule has 3 aromatic rings. The van der Waals surface area contributed by atoms with E-state index in [1.807, 2.05) is 78.9 Å². The van der Waals surface area contributed by atoms with Gasteiger partial charge in [0.25, 0.3) is 5.91 Å². The predicted octanol–water partition coefficient (Wildman–Crippen LogP) is 4.30. The Kier molecular flexibility index (Phi) is 6.57. The Morgan fingerprint density at radius 2 is 1.31 bits per heavy atom. The van der Waals surface area contributed by atoms with Gasteiger partial charge < -0.3 is 10.1 Å². The van der Waals surface area contributed by atoms with Gasteiger partial charge in [0.1, 0.15) is 0 Å². The molecule has 1 unspecified atom stereocenters. The van der Waals surface area contributed by atoms with E-state index in [-0.39, 0.29) is 5.91 Å². The summed E-state index contributed by atoms with van der Waals surface area (Å²) in [6.07, 6.45) is 0.180. The van der Waals surface area contributed by atoms with Gasteiger partial charge in [0.05, 0.1) is 6.61 Å². The van der Waals surface area contributed by atoms with Crippen molar-refractivity contribution >= 4 is 5.91 Å². The highest BCUT2D eigenvalue weighted by atomic mass is 16.5. The van der Waals surface area contributed by atoms with E-state index in [1.54, 1.807) is 0 Å². The summed E-state index contributed by atoms with van der Waals surface area (Å²) < 4.78 is 5.97. The van der Waals surface area contributed by atoms with E-state index in [9.17, 15) is 4.79 Å². The van der Waals surface area contributed by atoms with E-state index in [0.29, 0.717) is 13.2 Å². The summed E-state index contributed by atoms with van der Waals surface area (Å²) in [7, 11) is 0. The van der Waals surface area contributed by atoms with Crippen LogP contribution in [0.4, 0.5) is 0 Å². The summed E-state index contributed by atoms with van der Waals surface area (Å²) >= 11 is 0. The van der Waals surface area contributed by atoms with Crippen LogP contribution in [-0.4, -0.2) is 12.5 Å². The fourth-order valence-corrected chi connectivity index (χ4v) is 2.77. The molecular weight excluding hydrogens is 322 g/mol. The fraction of sp³-hybridized carbons (Fsp3) is 0.174. The van der Waals surface area contributed by atoms with Gasteiger partial charge in [-0.05, 0) is 23.1 Å². The normalized spacial score (nSPS) is 11.7.